The summed E-state index contributed by atoms with van der Waals surface area (Å²) in [6.45, 7) is 0. The fourth-order valence-corrected chi connectivity index (χ4v) is 5.35. The number of ketones is 1. The summed E-state index contributed by atoms with van der Waals surface area (Å²) in [7, 11) is 0. The van der Waals surface area contributed by atoms with Crippen LogP contribution >= 0.6 is 34.5 Å². The van der Waals surface area contributed by atoms with Crippen LogP contribution < -0.4 is 5.32 Å². The lowest BCUT2D eigenvalue weighted by Crippen LogP contribution is -2.33. The lowest BCUT2D eigenvalue weighted by atomic mass is 9.80. The summed E-state index contributed by atoms with van der Waals surface area (Å²) in [4.78, 5) is 18.8. The fraction of sp³-hybridized carbons (Fsp3) is 0.211. The van der Waals surface area contributed by atoms with Gasteiger partial charge in [0.05, 0.1) is 0 Å². The van der Waals surface area contributed by atoms with Crippen molar-refractivity contribution < 1.29 is 4.79 Å². The molecule has 3 aromatic rings. The van der Waals surface area contributed by atoms with Crippen LogP contribution in [-0.2, 0) is 4.79 Å². The first-order valence-corrected chi connectivity index (χ1v) is 10.2. The molecule has 1 aliphatic heterocycles. The Kier molecular flexibility index (Phi) is 4.07. The number of nitrogens with zero attached hydrogens (tertiary/aromatic N) is 3. The predicted molar refractivity (Wildman–Crippen MR) is 107 cm³/mol. The molecule has 5 nitrogen and oxygen atoms in total. The Bertz CT molecular complexity index is 1050. The Balaban J connectivity index is 1.67. The van der Waals surface area contributed by atoms with Gasteiger partial charge in [-0.15, -0.1) is 11.3 Å². The zero-order valence-corrected chi connectivity index (χ0v) is 16.4. The highest BCUT2D eigenvalue weighted by Gasteiger charge is 2.40. The van der Waals surface area contributed by atoms with Crippen molar-refractivity contribution in [1.82, 2.24) is 14.8 Å². The van der Waals surface area contributed by atoms with Crippen molar-refractivity contribution in [2.24, 2.45) is 0 Å². The van der Waals surface area contributed by atoms with E-state index in [0.717, 1.165) is 12.1 Å². The van der Waals surface area contributed by atoms with Gasteiger partial charge in [0.25, 0.3) is 0 Å². The monoisotopic (exact) mass is 416 g/mol. The number of thiophene rings is 1. The molecule has 0 saturated carbocycles. The number of halogens is 2. The van der Waals surface area contributed by atoms with Crippen molar-refractivity contribution in [2.75, 3.05) is 5.32 Å². The Hall–Kier alpha value is -2.15. The van der Waals surface area contributed by atoms with Gasteiger partial charge in [0, 0.05) is 44.1 Å². The molecular weight excluding hydrogens is 403 g/mol. The molecule has 0 amide bonds. The molecule has 5 rings (SSSR count). The highest BCUT2D eigenvalue weighted by Crippen LogP contribution is 2.47. The maximum Gasteiger partial charge on any atom is 0.226 e. The van der Waals surface area contributed by atoms with Gasteiger partial charge in [-0.05, 0) is 30.0 Å². The maximum absolute atomic E-state index is 13.2. The number of hydrogen-bond donors (Lipinski definition) is 1. The van der Waals surface area contributed by atoms with Crippen molar-refractivity contribution in [3.05, 3.63) is 73.8 Å². The van der Waals surface area contributed by atoms with E-state index in [0.29, 0.717) is 33.6 Å². The molecule has 1 aliphatic carbocycles. The fourth-order valence-electron chi connectivity index (χ4n) is 3.92. The van der Waals surface area contributed by atoms with E-state index in [1.54, 1.807) is 34.2 Å². The number of Topliss-reactive ketones (excluding diaryl/α,β-unsaturated/α-hetero) is 1. The third-order valence-electron chi connectivity index (χ3n) is 5.08. The molecule has 2 aromatic heterocycles. The van der Waals surface area contributed by atoms with E-state index in [4.69, 9.17) is 23.2 Å². The van der Waals surface area contributed by atoms with Gasteiger partial charge < -0.3 is 5.32 Å². The Morgan fingerprint density at radius 1 is 1.15 bits per heavy atom. The average molecular weight is 417 g/mol. The molecule has 27 heavy (non-hydrogen) atoms. The number of benzene rings is 1. The summed E-state index contributed by atoms with van der Waals surface area (Å²) in [6, 6.07) is 8.99. The first-order valence-electron chi connectivity index (χ1n) is 8.53. The van der Waals surface area contributed by atoms with Gasteiger partial charge >= 0.3 is 0 Å². The van der Waals surface area contributed by atoms with Gasteiger partial charge in [-0.25, -0.2) is 4.68 Å². The second-order valence-electron chi connectivity index (χ2n) is 6.63. The molecule has 0 bridgehead atoms. The second kappa shape index (κ2) is 6.48. The van der Waals surface area contributed by atoms with Crippen LogP contribution in [0.1, 0.15) is 35.2 Å². The Morgan fingerprint density at radius 2 is 1.96 bits per heavy atom. The van der Waals surface area contributed by atoms with E-state index >= 15 is 0 Å². The second-order valence-corrected chi connectivity index (χ2v) is 8.42. The van der Waals surface area contributed by atoms with Crippen LogP contribution in [0, 0.1) is 0 Å². The largest absolute Gasteiger partial charge is 0.328 e. The van der Waals surface area contributed by atoms with Crippen LogP contribution in [0.2, 0.25) is 10.0 Å². The van der Waals surface area contributed by atoms with E-state index in [-0.39, 0.29) is 11.7 Å². The molecule has 0 radical (unpaired) electrons. The van der Waals surface area contributed by atoms with Gasteiger partial charge in [-0.3, -0.25) is 4.79 Å². The summed E-state index contributed by atoms with van der Waals surface area (Å²) in [5.41, 5.74) is 2.24. The van der Waals surface area contributed by atoms with E-state index in [9.17, 15) is 4.79 Å². The number of fused-ring (bicyclic) bond motifs is 1. The summed E-state index contributed by atoms with van der Waals surface area (Å²) in [5, 5.41) is 10.7. The van der Waals surface area contributed by atoms with Gasteiger partial charge in [0.2, 0.25) is 5.95 Å². The topological polar surface area (TPSA) is 59.8 Å². The number of carbonyl (C=O) groups excluding carboxylic acids is 1. The minimum atomic E-state index is -0.475. The van der Waals surface area contributed by atoms with Gasteiger partial charge in [0.15, 0.2) is 5.78 Å². The number of hydrogen-bond acceptors (Lipinski definition) is 5. The van der Waals surface area contributed by atoms with E-state index < -0.39 is 6.04 Å². The summed E-state index contributed by atoms with van der Waals surface area (Å²) in [5.74, 6) is 0.847. The number of nitrogens with one attached hydrogen (secondary N) is 1. The Labute approximate surface area is 169 Å². The molecule has 1 N–H and O–H groups in total. The van der Waals surface area contributed by atoms with E-state index in [1.807, 2.05) is 11.4 Å². The molecule has 0 fully saturated rings. The minimum Gasteiger partial charge on any atom is -0.328 e. The van der Waals surface area contributed by atoms with Crippen molar-refractivity contribution in [1.29, 1.82) is 0 Å². The molecular formula is C19H14Cl2N4OS. The Morgan fingerprint density at radius 3 is 2.70 bits per heavy atom. The first-order chi connectivity index (χ1) is 13.1. The van der Waals surface area contributed by atoms with Crippen LogP contribution in [0.25, 0.3) is 0 Å². The number of allylic oxidation sites excluding steroid dienone is 2. The smallest absolute Gasteiger partial charge is 0.226 e. The van der Waals surface area contributed by atoms with Crippen molar-refractivity contribution >= 4 is 46.3 Å². The van der Waals surface area contributed by atoms with Crippen LogP contribution in [-0.4, -0.2) is 20.5 Å². The third kappa shape index (κ3) is 2.71. The van der Waals surface area contributed by atoms with Crippen LogP contribution in [0.3, 0.4) is 0 Å². The highest BCUT2D eigenvalue weighted by atomic mass is 35.5. The standard InChI is InChI=1S/C19H14Cl2N4OS/c20-11-3-1-4-12(21)16(11)18-17-13(24-19-22-9-23-25(18)19)7-10(8-14(17)26)15-5-2-6-27-15/h1-6,9-10,18H,7-8H2,(H,22,23,24)/t10-,18+/m0/s1. The molecule has 3 heterocycles. The molecule has 136 valence electrons. The number of carbonyl (C=O) groups is 1. The van der Waals surface area contributed by atoms with Crippen LogP contribution in [0.15, 0.2) is 53.3 Å². The average Bonchev–Trinajstić information content (AvgIpc) is 3.32. The zero-order valence-electron chi connectivity index (χ0n) is 14.0. The quantitative estimate of drug-likeness (QED) is 0.633. The number of anilines is 1. The van der Waals surface area contributed by atoms with Crippen LogP contribution in [0.4, 0.5) is 5.95 Å². The molecule has 2 aliphatic rings. The van der Waals surface area contributed by atoms with Crippen molar-refractivity contribution in [2.45, 2.75) is 24.8 Å². The van der Waals surface area contributed by atoms with Crippen molar-refractivity contribution in [3.63, 3.8) is 0 Å². The lowest BCUT2D eigenvalue weighted by molar-refractivity contribution is -0.116. The molecule has 2 atom stereocenters. The predicted octanol–water partition coefficient (Wildman–Crippen LogP) is 5.06. The van der Waals surface area contributed by atoms with Crippen molar-refractivity contribution in [3.8, 4) is 0 Å². The van der Waals surface area contributed by atoms with Gasteiger partial charge in [-0.2, -0.15) is 10.1 Å². The molecule has 1 aromatic carbocycles. The van der Waals surface area contributed by atoms with E-state index in [1.165, 1.54) is 11.2 Å². The normalized spacial score (nSPS) is 21.6. The highest BCUT2D eigenvalue weighted by molar-refractivity contribution is 7.10. The summed E-state index contributed by atoms with van der Waals surface area (Å²) >= 11 is 14.7. The zero-order chi connectivity index (χ0) is 18.5. The van der Waals surface area contributed by atoms with E-state index in [2.05, 4.69) is 21.5 Å². The maximum atomic E-state index is 13.2. The third-order valence-corrected chi connectivity index (χ3v) is 6.77. The molecule has 0 spiro atoms. The molecule has 0 saturated heterocycles. The number of rotatable bonds is 2. The van der Waals surface area contributed by atoms with Gasteiger partial charge in [-0.1, -0.05) is 35.3 Å². The summed E-state index contributed by atoms with van der Waals surface area (Å²) < 4.78 is 1.69. The SMILES string of the molecule is O=C1C[C@@H](c2cccs2)CC2=C1[C@@H](c1c(Cl)cccc1Cl)n1ncnc1N2. The van der Waals surface area contributed by atoms with Gasteiger partial charge in [0.1, 0.15) is 12.4 Å². The first kappa shape index (κ1) is 17.0. The summed E-state index contributed by atoms with van der Waals surface area (Å²) in [6.07, 6.45) is 2.68. The number of aromatic nitrogens is 3. The molecule has 8 heteroatoms. The van der Waals surface area contributed by atoms with Crippen LogP contribution in [0.5, 0.6) is 0 Å². The molecule has 0 unspecified atom stereocenters. The minimum absolute atomic E-state index is 0.0873. The lowest BCUT2D eigenvalue weighted by Gasteiger charge is -2.35.